The fourth-order valence-corrected chi connectivity index (χ4v) is 6.56. The van der Waals surface area contributed by atoms with Crippen LogP contribution in [0.25, 0.3) is 21.6 Å². The number of carbonyl (C=O) groups excluding carboxylic acids is 1. The molecule has 0 N–H and O–H groups in total. The van der Waals surface area contributed by atoms with Crippen molar-refractivity contribution in [2.75, 3.05) is 25.1 Å². The number of ether oxygens (including phenoxy) is 2. The van der Waals surface area contributed by atoms with E-state index in [2.05, 4.69) is 4.98 Å². The van der Waals surface area contributed by atoms with E-state index in [0.717, 1.165) is 11.1 Å². The van der Waals surface area contributed by atoms with E-state index in [9.17, 15) is 13.2 Å². The molecule has 4 rings (SSSR count). The highest BCUT2D eigenvalue weighted by Crippen LogP contribution is 2.37. The van der Waals surface area contributed by atoms with Gasteiger partial charge in [-0.05, 0) is 30.5 Å². The Labute approximate surface area is 193 Å². The summed E-state index contributed by atoms with van der Waals surface area (Å²) in [5, 5.41) is 3.17. The lowest BCUT2D eigenvalue weighted by Crippen LogP contribution is -2.26. The van der Waals surface area contributed by atoms with Gasteiger partial charge in [0.1, 0.15) is 20.8 Å². The Balaban J connectivity index is 1.86. The molecule has 8 nitrogen and oxygen atoms in total. The lowest BCUT2D eigenvalue weighted by Gasteiger charge is -2.21. The molecule has 11 heteroatoms. The number of sulfonamides is 1. The van der Waals surface area contributed by atoms with Crippen LogP contribution in [0.4, 0.5) is 5.69 Å². The van der Waals surface area contributed by atoms with Crippen LogP contribution in [0.2, 0.25) is 0 Å². The zero-order valence-electron chi connectivity index (χ0n) is 17.6. The van der Waals surface area contributed by atoms with Gasteiger partial charge >= 0.3 is 5.97 Å². The highest BCUT2D eigenvalue weighted by molar-refractivity contribution is 7.94. The molecule has 0 aliphatic rings. The first-order chi connectivity index (χ1) is 15.4. The molecule has 0 saturated carbocycles. The topological polar surface area (TPSA) is 90.7 Å². The molecule has 0 saturated heterocycles. The molecule has 0 aliphatic heterocycles. The van der Waals surface area contributed by atoms with Gasteiger partial charge in [0.15, 0.2) is 0 Å². The first-order valence-electron chi connectivity index (χ1n) is 9.65. The van der Waals surface area contributed by atoms with Gasteiger partial charge < -0.3 is 14.0 Å². The zero-order valence-corrected chi connectivity index (χ0v) is 20.1. The van der Waals surface area contributed by atoms with Crippen molar-refractivity contribution in [3.05, 3.63) is 52.9 Å². The molecule has 32 heavy (non-hydrogen) atoms. The maximum atomic E-state index is 13.2. The molecule has 1 aromatic carbocycles. The van der Waals surface area contributed by atoms with Crippen LogP contribution in [0.15, 0.2) is 52.2 Å². The van der Waals surface area contributed by atoms with Crippen molar-refractivity contribution in [2.24, 2.45) is 0 Å². The van der Waals surface area contributed by atoms with Gasteiger partial charge in [0.05, 0.1) is 29.7 Å². The van der Waals surface area contributed by atoms with Gasteiger partial charge in [-0.3, -0.25) is 4.31 Å². The minimum Gasteiger partial charge on any atom is -0.462 e. The number of nitrogens with zero attached hydrogens (tertiary/aromatic N) is 3. The van der Waals surface area contributed by atoms with Crippen LogP contribution in [0.5, 0.6) is 0 Å². The number of fused-ring (bicyclic) bond motifs is 1. The van der Waals surface area contributed by atoms with Gasteiger partial charge in [-0.2, -0.15) is 0 Å². The van der Waals surface area contributed by atoms with E-state index >= 15 is 0 Å². The first-order valence-corrected chi connectivity index (χ1v) is 12.8. The second kappa shape index (κ2) is 9.02. The van der Waals surface area contributed by atoms with E-state index in [1.165, 1.54) is 40.2 Å². The van der Waals surface area contributed by atoms with Gasteiger partial charge in [0.25, 0.3) is 10.0 Å². The molecule has 0 unspecified atom stereocenters. The van der Waals surface area contributed by atoms with E-state index in [1.54, 1.807) is 37.6 Å². The molecule has 168 valence electrons. The smallest absolute Gasteiger partial charge is 0.349 e. The summed E-state index contributed by atoms with van der Waals surface area (Å²) in [6, 6.07) is 10.7. The van der Waals surface area contributed by atoms with Crippen molar-refractivity contribution >= 4 is 55.3 Å². The van der Waals surface area contributed by atoms with Crippen molar-refractivity contribution in [1.29, 1.82) is 0 Å². The highest BCUT2D eigenvalue weighted by Gasteiger charge is 2.26. The lowest BCUT2D eigenvalue weighted by molar-refractivity contribution is 0.0532. The summed E-state index contributed by atoms with van der Waals surface area (Å²) >= 11 is 2.39. The highest BCUT2D eigenvalue weighted by atomic mass is 32.2. The largest absolute Gasteiger partial charge is 0.462 e. The summed E-state index contributed by atoms with van der Waals surface area (Å²) in [6.07, 6.45) is 1.49. The summed E-state index contributed by atoms with van der Waals surface area (Å²) in [4.78, 5) is 16.9. The third kappa shape index (κ3) is 3.92. The Bertz CT molecular complexity index is 1360. The van der Waals surface area contributed by atoms with Crippen LogP contribution >= 0.6 is 22.7 Å². The van der Waals surface area contributed by atoms with Crippen LogP contribution < -0.4 is 4.31 Å². The number of carbonyl (C=O) groups is 1. The monoisotopic (exact) mass is 491 g/mol. The molecule has 0 radical (unpaired) electrons. The number of para-hydroxylation sites is 1. The molecule has 3 aromatic heterocycles. The Kier molecular flexibility index (Phi) is 6.33. The second-order valence-electron chi connectivity index (χ2n) is 6.75. The average molecular weight is 492 g/mol. The normalized spacial score (nSPS) is 11.7. The number of hydrogen-bond donors (Lipinski definition) is 0. The molecular weight excluding hydrogens is 470 g/mol. The Morgan fingerprint density at radius 2 is 2.06 bits per heavy atom. The summed E-state index contributed by atoms with van der Waals surface area (Å²) in [7, 11) is -0.614. The van der Waals surface area contributed by atoms with Gasteiger partial charge in [0, 0.05) is 19.5 Å². The molecule has 0 fully saturated rings. The van der Waals surface area contributed by atoms with Crippen LogP contribution in [0, 0.1) is 0 Å². The van der Waals surface area contributed by atoms with E-state index in [4.69, 9.17) is 9.47 Å². The standard InChI is InChI=1S/C21H21N3O5S3/c1-4-29-21(25)17-12-22-20(31-17)16-11-14-7-5-8-15(19(14)24(16)13-28-3)23(2)32(26,27)18-9-6-10-30-18/h5-12H,4,13H2,1-3H3. The number of hydrogen-bond acceptors (Lipinski definition) is 8. The fourth-order valence-electron chi connectivity index (χ4n) is 3.36. The average Bonchev–Trinajstić information content (AvgIpc) is 3.53. The second-order valence-corrected chi connectivity index (χ2v) is 10.9. The number of rotatable bonds is 8. The predicted molar refractivity (Wildman–Crippen MR) is 126 cm³/mol. The zero-order chi connectivity index (χ0) is 22.9. The van der Waals surface area contributed by atoms with E-state index < -0.39 is 16.0 Å². The predicted octanol–water partition coefficient (Wildman–Crippen LogP) is 4.43. The third-order valence-electron chi connectivity index (χ3n) is 4.81. The van der Waals surface area contributed by atoms with E-state index in [0.29, 0.717) is 21.1 Å². The van der Waals surface area contributed by atoms with Crippen molar-refractivity contribution in [3.63, 3.8) is 0 Å². The molecule has 0 atom stereocenters. The molecule has 0 bridgehead atoms. The van der Waals surface area contributed by atoms with E-state index in [-0.39, 0.29) is 17.5 Å². The molecule has 3 heterocycles. The Hall–Kier alpha value is -2.73. The summed E-state index contributed by atoms with van der Waals surface area (Å²) in [5.41, 5.74) is 1.93. The van der Waals surface area contributed by atoms with Crippen LogP contribution in [-0.4, -0.2) is 44.7 Å². The number of benzene rings is 1. The summed E-state index contributed by atoms with van der Waals surface area (Å²) in [6.45, 7) is 2.21. The first kappa shape index (κ1) is 22.5. The maximum Gasteiger partial charge on any atom is 0.349 e. The van der Waals surface area contributed by atoms with Gasteiger partial charge in [0.2, 0.25) is 0 Å². The van der Waals surface area contributed by atoms with Gasteiger partial charge in [-0.25, -0.2) is 18.2 Å². The fraction of sp³-hybridized carbons (Fsp3) is 0.238. The summed E-state index contributed by atoms with van der Waals surface area (Å²) < 4.78 is 40.2. The molecule has 0 aliphatic carbocycles. The minimum absolute atomic E-state index is 0.178. The third-order valence-corrected chi connectivity index (χ3v) is 8.95. The molecule has 0 spiro atoms. The Morgan fingerprint density at radius 1 is 1.25 bits per heavy atom. The summed E-state index contributed by atoms with van der Waals surface area (Å²) in [5.74, 6) is -0.423. The van der Waals surface area contributed by atoms with E-state index in [1.807, 2.05) is 22.8 Å². The molecule has 4 aromatic rings. The van der Waals surface area contributed by atoms with Crippen LogP contribution in [-0.2, 0) is 26.2 Å². The number of methoxy groups -OCH3 is 1. The number of esters is 1. The van der Waals surface area contributed by atoms with Crippen LogP contribution in [0.1, 0.15) is 16.6 Å². The van der Waals surface area contributed by atoms with Crippen molar-refractivity contribution in [2.45, 2.75) is 17.9 Å². The number of aromatic nitrogens is 2. The lowest BCUT2D eigenvalue weighted by atomic mass is 10.2. The quantitative estimate of drug-likeness (QED) is 0.339. The minimum atomic E-state index is -3.72. The maximum absolute atomic E-state index is 13.2. The van der Waals surface area contributed by atoms with Crippen molar-refractivity contribution in [1.82, 2.24) is 9.55 Å². The van der Waals surface area contributed by atoms with Crippen molar-refractivity contribution < 1.29 is 22.7 Å². The van der Waals surface area contributed by atoms with Crippen LogP contribution in [0.3, 0.4) is 0 Å². The Morgan fingerprint density at radius 3 is 2.75 bits per heavy atom. The molecule has 0 amide bonds. The SMILES string of the molecule is CCOC(=O)c1cnc(-c2cc3cccc(N(C)S(=O)(=O)c4cccs4)c3n2COC)s1. The van der Waals surface area contributed by atoms with Gasteiger partial charge in [-0.1, -0.05) is 18.2 Å². The number of thiophene rings is 1. The van der Waals surface area contributed by atoms with Crippen molar-refractivity contribution in [3.8, 4) is 10.7 Å². The molecular formula is C21H21N3O5S3. The number of anilines is 1. The number of thiazole rings is 1. The van der Waals surface area contributed by atoms with Gasteiger partial charge in [-0.15, -0.1) is 22.7 Å².